The number of carbonyl (C=O) groups is 2. The predicted molar refractivity (Wildman–Crippen MR) is 91.0 cm³/mol. The van der Waals surface area contributed by atoms with Gasteiger partial charge in [-0.05, 0) is 24.6 Å². The molecule has 7 heteroatoms. The van der Waals surface area contributed by atoms with Crippen molar-refractivity contribution >= 4 is 17.6 Å². The van der Waals surface area contributed by atoms with E-state index in [1.165, 1.54) is 30.0 Å². The number of hydrogen-bond donors (Lipinski definition) is 0. The summed E-state index contributed by atoms with van der Waals surface area (Å²) in [5, 5.41) is 10.8. The summed E-state index contributed by atoms with van der Waals surface area (Å²) in [5.41, 5.74) is 1.42. The molecule has 130 valence electrons. The molecular weight excluding hydrogens is 324 g/mol. The highest BCUT2D eigenvalue weighted by atomic mass is 16.6. The molecule has 0 aliphatic carbocycles. The second-order valence-corrected chi connectivity index (χ2v) is 5.57. The second kappa shape index (κ2) is 8.05. The van der Waals surface area contributed by atoms with Gasteiger partial charge >= 0.3 is 5.97 Å². The molecule has 0 spiro atoms. The van der Waals surface area contributed by atoms with Crippen LogP contribution in [0.4, 0.5) is 5.69 Å². The Morgan fingerprint density at radius 2 is 1.84 bits per heavy atom. The van der Waals surface area contributed by atoms with Crippen molar-refractivity contribution in [1.29, 1.82) is 0 Å². The van der Waals surface area contributed by atoms with E-state index in [1.807, 2.05) is 30.3 Å². The average Bonchev–Trinajstić information content (AvgIpc) is 2.59. The van der Waals surface area contributed by atoms with Gasteiger partial charge in [0.2, 0.25) is 0 Å². The van der Waals surface area contributed by atoms with Crippen molar-refractivity contribution in [2.45, 2.75) is 13.5 Å². The smallest absolute Gasteiger partial charge is 0.338 e. The van der Waals surface area contributed by atoms with Crippen molar-refractivity contribution in [3.8, 4) is 0 Å². The molecule has 0 aromatic heterocycles. The van der Waals surface area contributed by atoms with Crippen molar-refractivity contribution in [1.82, 2.24) is 4.90 Å². The van der Waals surface area contributed by atoms with Crippen molar-refractivity contribution in [2.24, 2.45) is 0 Å². The van der Waals surface area contributed by atoms with Gasteiger partial charge in [0.05, 0.1) is 10.5 Å². The number of esters is 1. The number of rotatable bonds is 6. The van der Waals surface area contributed by atoms with E-state index in [-0.39, 0.29) is 17.2 Å². The number of ether oxygens (including phenoxy) is 1. The van der Waals surface area contributed by atoms with Crippen LogP contribution in [0.2, 0.25) is 0 Å². The highest BCUT2D eigenvalue weighted by Crippen LogP contribution is 2.19. The first-order valence-corrected chi connectivity index (χ1v) is 7.58. The van der Waals surface area contributed by atoms with Crippen molar-refractivity contribution < 1.29 is 19.2 Å². The number of benzene rings is 2. The van der Waals surface area contributed by atoms with Gasteiger partial charge < -0.3 is 9.64 Å². The largest absolute Gasteiger partial charge is 0.452 e. The lowest BCUT2D eigenvalue weighted by molar-refractivity contribution is -0.385. The molecule has 2 aromatic rings. The van der Waals surface area contributed by atoms with Gasteiger partial charge in [0.15, 0.2) is 6.61 Å². The number of nitrogens with zero attached hydrogens (tertiary/aromatic N) is 2. The van der Waals surface area contributed by atoms with Crippen LogP contribution in [0.5, 0.6) is 0 Å². The van der Waals surface area contributed by atoms with E-state index in [4.69, 9.17) is 4.74 Å². The summed E-state index contributed by atoms with van der Waals surface area (Å²) in [6.45, 7) is 1.56. The molecule has 0 fully saturated rings. The van der Waals surface area contributed by atoms with E-state index in [0.29, 0.717) is 12.1 Å². The van der Waals surface area contributed by atoms with Gasteiger partial charge in [-0.3, -0.25) is 14.9 Å². The molecule has 0 aliphatic rings. The maximum atomic E-state index is 12.1. The number of aryl methyl sites for hydroxylation is 1. The molecule has 0 heterocycles. The minimum atomic E-state index is -0.695. The first-order chi connectivity index (χ1) is 11.9. The van der Waals surface area contributed by atoms with Crippen LogP contribution in [0.15, 0.2) is 48.5 Å². The molecule has 0 atom stereocenters. The lowest BCUT2D eigenvalue weighted by Gasteiger charge is -2.17. The molecule has 0 N–H and O–H groups in total. The third kappa shape index (κ3) is 4.87. The Morgan fingerprint density at radius 1 is 1.16 bits per heavy atom. The van der Waals surface area contributed by atoms with Crippen molar-refractivity contribution in [3.05, 3.63) is 75.3 Å². The zero-order valence-electron chi connectivity index (χ0n) is 14.0. The van der Waals surface area contributed by atoms with Crippen LogP contribution in [0.1, 0.15) is 21.5 Å². The summed E-state index contributed by atoms with van der Waals surface area (Å²) in [6, 6.07) is 13.4. The van der Waals surface area contributed by atoms with Crippen molar-refractivity contribution in [3.63, 3.8) is 0 Å². The molecule has 2 rings (SSSR count). The van der Waals surface area contributed by atoms with E-state index >= 15 is 0 Å². The van der Waals surface area contributed by atoms with Gasteiger partial charge in [-0.1, -0.05) is 30.3 Å². The molecule has 1 amide bonds. The molecule has 0 unspecified atom stereocenters. The van der Waals surface area contributed by atoms with E-state index < -0.39 is 17.5 Å². The Labute approximate surface area is 145 Å². The minimum Gasteiger partial charge on any atom is -0.452 e. The quantitative estimate of drug-likeness (QED) is 0.457. The zero-order valence-corrected chi connectivity index (χ0v) is 14.0. The Balaban J connectivity index is 1.91. The minimum absolute atomic E-state index is 0.0739. The number of amides is 1. The fourth-order valence-electron chi connectivity index (χ4n) is 2.25. The zero-order chi connectivity index (χ0) is 18.4. The van der Waals surface area contributed by atoms with E-state index in [2.05, 4.69) is 0 Å². The Bertz CT molecular complexity index is 789. The lowest BCUT2D eigenvalue weighted by Crippen LogP contribution is -2.30. The first-order valence-electron chi connectivity index (χ1n) is 7.58. The van der Waals surface area contributed by atoms with Crippen LogP contribution >= 0.6 is 0 Å². The third-order valence-corrected chi connectivity index (χ3v) is 3.64. The second-order valence-electron chi connectivity index (χ2n) is 5.57. The number of nitro groups is 1. The molecule has 0 radical (unpaired) electrons. The fraction of sp³-hybridized carbons (Fsp3) is 0.222. The normalized spacial score (nSPS) is 10.2. The SMILES string of the molecule is Cc1cc(C(=O)OCC(=O)N(C)Cc2ccccc2)ccc1[N+](=O)[O-]. The van der Waals surface area contributed by atoms with E-state index in [0.717, 1.165) is 5.56 Å². The molecule has 2 aromatic carbocycles. The molecule has 0 saturated heterocycles. The van der Waals surface area contributed by atoms with Gasteiger partial charge in [-0.2, -0.15) is 0 Å². The number of nitro benzene ring substituents is 1. The lowest BCUT2D eigenvalue weighted by atomic mass is 10.1. The van der Waals surface area contributed by atoms with Crippen LogP contribution in [0.3, 0.4) is 0 Å². The van der Waals surface area contributed by atoms with Crippen LogP contribution in [-0.2, 0) is 16.1 Å². The third-order valence-electron chi connectivity index (χ3n) is 3.64. The summed E-state index contributed by atoms with van der Waals surface area (Å²) in [5.74, 6) is -1.03. The molecule has 0 saturated carbocycles. The van der Waals surface area contributed by atoms with Crippen LogP contribution < -0.4 is 0 Å². The topological polar surface area (TPSA) is 89.8 Å². The maximum Gasteiger partial charge on any atom is 0.338 e. The van der Waals surface area contributed by atoms with Crippen LogP contribution in [0.25, 0.3) is 0 Å². The first kappa shape index (κ1) is 18.1. The molecular formula is C18H18N2O5. The fourth-order valence-corrected chi connectivity index (χ4v) is 2.25. The molecule has 7 nitrogen and oxygen atoms in total. The monoisotopic (exact) mass is 342 g/mol. The predicted octanol–water partition coefficient (Wildman–Crippen LogP) is 2.72. The Kier molecular flexibility index (Phi) is 5.84. The highest BCUT2D eigenvalue weighted by Gasteiger charge is 2.17. The summed E-state index contributed by atoms with van der Waals surface area (Å²) in [7, 11) is 1.62. The van der Waals surface area contributed by atoms with E-state index in [9.17, 15) is 19.7 Å². The molecule has 25 heavy (non-hydrogen) atoms. The standard InChI is InChI=1S/C18H18N2O5/c1-13-10-15(8-9-16(13)20(23)24)18(22)25-12-17(21)19(2)11-14-6-4-3-5-7-14/h3-10H,11-12H2,1-2H3. The van der Waals surface area contributed by atoms with Crippen LogP contribution in [0, 0.1) is 17.0 Å². The summed E-state index contributed by atoms with van der Waals surface area (Å²) < 4.78 is 5.00. The van der Waals surface area contributed by atoms with Crippen LogP contribution in [-0.4, -0.2) is 35.4 Å². The van der Waals surface area contributed by atoms with E-state index in [1.54, 1.807) is 7.05 Å². The summed E-state index contributed by atoms with van der Waals surface area (Å²) in [4.78, 5) is 35.8. The van der Waals surface area contributed by atoms with Gasteiger partial charge in [0, 0.05) is 25.2 Å². The maximum absolute atomic E-state index is 12.1. The summed E-state index contributed by atoms with van der Waals surface area (Å²) in [6.07, 6.45) is 0. The van der Waals surface area contributed by atoms with Crippen molar-refractivity contribution in [2.75, 3.05) is 13.7 Å². The number of hydrogen-bond acceptors (Lipinski definition) is 5. The summed E-state index contributed by atoms with van der Waals surface area (Å²) >= 11 is 0. The molecule has 0 aliphatic heterocycles. The Morgan fingerprint density at radius 3 is 2.44 bits per heavy atom. The average molecular weight is 342 g/mol. The number of carbonyl (C=O) groups excluding carboxylic acids is 2. The highest BCUT2D eigenvalue weighted by molar-refractivity contribution is 5.91. The molecule has 0 bridgehead atoms. The van der Waals surface area contributed by atoms with Gasteiger partial charge in [0.25, 0.3) is 11.6 Å². The van der Waals surface area contributed by atoms with Gasteiger partial charge in [-0.15, -0.1) is 0 Å². The Hall–Kier alpha value is -3.22. The van der Waals surface area contributed by atoms with Gasteiger partial charge in [0.1, 0.15) is 0 Å². The number of likely N-dealkylation sites (N-methyl/N-ethyl adjacent to an activating group) is 1. The van der Waals surface area contributed by atoms with Gasteiger partial charge in [-0.25, -0.2) is 4.79 Å².